The molecule has 120 valence electrons. The number of ether oxygens (including phenoxy) is 2. The van der Waals surface area contributed by atoms with Crippen molar-refractivity contribution in [3.8, 4) is 0 Å². The first kappa shape index (κ1) is 15.3. The van der Waals surface area contributed by atoms with Gasteiger partial charge in [-0.05, 0) is 36.3 Å². The largest absolute Gasteiger partial charge is 0.462 e. The third-order valence-electron chi connectivity index (χ3n) is 5.60. The molecule has 0 aromatic rings. The van der Waals surface area contributed by atoms with E-state index in [1.54, 1.807) is 0 Å². The minimum atomic E-state index is -0.435. The molecule has 5 nitrogen and oxygen atoms in total. The predicted octanol–water partition coefficient (Wildman–Crippen LogP) is 2.19. The van der Waals surface area contributed by atoms with Crippen molar-refractivity contribution in [3.63, 3.8) is 0 Å². The highest BCUT2D eigenvalue weighted by Gasteiger charge is 2.58. The number of fused-ring (bicyclic) bond motifs is 3. The Labute approximate surface area is 130 Å². The van der Waals surface area contributed by atoms with Crippen LogP contribution in [-0.2, 0) is 23.9 Å². The molecule has 1 saturated heterocycles. The Morgan fingerprint density at radius 3 is 2.68 bits per heavy atom. The maximum absolute atomic E-state index is 12.1. The number of hydrogen-bond donors (Lipinski definition) is 0. The van der Waals surface area contributed by atoms with Gasteiger partial charge in [-0.15, -0.1) is 0 Å². The van der Waals surface area contributed by atoms with Gasteiger partial charge < -0.3 is 9.47 Å². The topological polar surface area (TPSA) is 69.7 Å². The second kappa shape index (κ2) is 4.93. The number of hydrogen-bond acceptors (Lipinski definition) is 5. The minimum absolute atomic E-state index is 0.132. The van der Waals surface area contributed by atoms with E-state index in [-0.39, 0.29) is 41.1 Å². The summed E-state index contributed by atoms with van der Waals surface area (Å²) in [5, 5.41) is 0. The molecule has 1 saturated carbocycles. The average Bonchev–Trinajstić information content (AvgIpc) is 2.70. The molecule has 5 heteroatoms. The summed E-state index contributed by atoms with van der Waals surface area (Å²) in [6.07, 6.45) is 1.09. The van der Waals surface area contributed by atoms with Crippen LogP contribution in [0.4, 0.5) is 0 Å². The summed E-state index contributed by atoms with van der Waals surface area (Å²) < 4.78 is 11.1. The van der Waals surface area contributed by atoms with Crippen LogP contribution in [0.1, 0.15) is 47.0 Å². The van der Waals surface area contributed by atoms with Crippen molar-refractivity contribution in [3.05, 3.63) is 11.1 Å². The summed E-state index contributed by atoms with van der Waals surface area (Å²) >= 11 is 0. The van der Waals surface area contributed by atoms with Gasteiger partial charge in [0.1, 0.15) is 12.2 Å². The number of allylic oxidation sites excluding steroid dienone is 1. The SMILES string of the molecule is CC(=O)O[C@@H]1C[C@@]2(C)CCC(=O)C(C)=C2[C@H]2OC(=O)[C@@H](C)[C@@H]21. The smallest absolute Gasteiger partial charge is 0.309 e. The van der Waals surface area contributed by atoms with E-state index in [2.05, 4.69) is 6.92 Å². The van der Waals surface area contributed by atoms with Gasteiger partial charge in [0, 0.05) is 13.3 Å². The van der Waals surface area contributed by atoms with E-state index < -0.39 is 6.10 Å². The van der Waals surface area contributed by atoms with Gasteiger partial charge in [0.2, 0.25) is 0 Å². The Morgan fingerprint density at radius 2 is 2.05 bits per heavy atom. The van der Waals surface area contributed by atoms with Crippen molar-refractivity contribution in [2.45, 2.75) is 59.2 Å². The van der Waals surface area contributed by atoms with Crippen LogP contribution >= 0.6 is 0 Å². The van der Waals surface area contributed by atoms with Crippen LogP contribution in [0, 0.1) is 17.3 Å². The third-order valence-corrected chi connectivity index (χ3v) is 5.60. The standard InChI is InChI=1S/C17H22O5/c1-8-11(19)5-6-17(4)7-12(21-10(3)18)13-9(2)16(20)22-15(13)14(8)17/h9,12-13,15H,5-7H2,1-4H3/t9-,12+,13+,15-,17+/m0/s1. The number of Topliss-reactive ketones (excluding diaryl/α,β-unsaturated/α-hetero) is 1. The summed E-state index contributed by atoms with van der Waals surface area (Å²) in [4.78, 5) is 35.6. The fourth-order valence-corrected chi connectivity index (χ4v) is 4.50. The van der Waals surface area contributed by atoms with Crippen molar-refractivity contribution in [2.75, 3.05) is 0 Å². The molecule has 0 radical (unpaired) electrons. The molecular weight excluding hydrogens is 284 g/mol. The molecule has 0 bridgehead atoms. The van der Waals surface area contributed by atoms with Gasteiger partial charge in [0.05, 0.1) is 11.8 Å². The number of esters is 2. The number of carbonyl (C=O) groups excluding carboxylic acids is 3. The molecular formula is C17H22O5. The molecule has 1 heterocycles. The summed E-state index contributed by atoms with van der Waals surface area (Å²) in [7, 11) is 0. The van der Waals surface area contributed by atoms with Crippen molar-refractivity contribution in [1.29, 1.82) is 0 Å². The second-order valence-electron chi connectivity index (χ2n) is 7.10. The van der Waals surface area contributed by atoms with Gasteiger partial charge >= 0.3 is 11.9 Å². The highest BCUT2D eigenvalue weighted by atomic mass is 16.6. The fraction of sp³-hybridized carbons (Fsp3) is 0.706. The second-order valence-corrected chi connectivity index (χ2v) is 7.10. The van der Waals surface area contributed by atoms with Crippen molar-refractivity contribution in [1.82, 2.24) is 0 Å². The van der Waals surface area contributed by atoms with E-state index >= 15 is 0 Å². The number of carbonyl (C=O) groups is 3. The van der Waals surface area contributed by atoms with Gasteiger partial charge in [0.25, 0.3) is 0 Å². The quantitative estimate of drug-likeness (QED) is 0.695. The first-order valence-corrected chi connectivity index (χ1v) is 7.87. The van der Waals surface area contributed by atoms with Crippen LogP contribution in [0.3, 0.4) is 0 Å². The monoisotopic (exact) mass is 306 g/mol. The Kier molecular flexibility index (Phi) is 3.42. The van der Waals surface area contributed by atoms with Gasteiger partial charge in [-0.1, -0.05) is 13.8 Å². The normalized spacial score (nSPS) is 40.9. The minimum Gasteiger partial charge on any atom is -0.462 e. The van der Waals surface area contributed by atoms with Crippen LogP contribution < -0.4 is 0 Å². The zero-order chi connectivity index (χ0) is 16.2. The molecule has 5 atom stereocenters. The lowest BCUT2D eigenvalue weighted by molar-refractivity contribution is -0.155. The van der Waals surface area contributed by atoms with E-state index in [1.807, 2.05) is 13.8 Å². The first-order chi connectivity index (χ1) is 10.2. The predicted molar refractivity (Wildman–Crippen MR) is 77.8 cm³/mol. The molecule has 3 aliphatic rings. The highest BCUT2D eigenvalue weighted by molar-refractivity contribution is 5.97. The van der Waals surface area contributed by atoms with Gasteiger partial charge in [0.15, 0.2) is 5.78 Å². The number of rotatable bonds is 1. The highest BCUT2D eigenvalue weighted by Crippen LogP contribution is 2.55. The first-order valence-electron chi connectivity index (χ1n) is 7.87. The van der Waals surface area contributed by atoms with E-state index in [4.69, 9.17) is 9.47 Å². The average molecular weight is 306 g/mol. The molecule has 1 aliphatic heterocycles. The van der Waals surface area contributed by atoms with Crippen molar-refractivity contribution in [2.24, 2.45) is 17.3 Å². The fourth-order valence-electron chi connectivity index (χ4n) is 4.50. The van der Waals surface area contributed by atoms with E-state index in [0.29, 0.717) is 19.3 Å². The maximum Gasteiger partial charge on any atom is 0.309 e. The van der Waals surface area contributed by atoms with Crippen LogP contribution in [0.15, 0.2) is 11.1 Å². The molecule has 2 fully saturated rings. The van der Waals surface area contributed by atoms with Crippen LogP contribution in [0.5, 0.6) is 0 Å². The molecule has 0 aromatic heterocycles. The number of ketones is 1. The summed E-state index contributed by atoms with van der Waals surface area (Å²) in [6, 6.07) is 0. The lowest BCUT2D eigenvalue weighted by atomic mass is 9.58. The van der Waals surface area contributed by atoms with Gasteiger partial charge in [-0.25, -0.2) is 0 Å². The summed E-state index contributed by atoms with van der Waals surface area (Å²) in [5.41, 5.74) is 1.44. The molecule has 3 rings (SSSR count). The lowest BCUT2D eigenvalue weighted by Crippen LogP contribution is -2.50. The van der Waals surface area contributed by atoms with Crippen LogP contribution in [0.2, 0.25) is 0 Å². The van der Waals surface area contributed by atoms with Crippen molar-refractivity contribution >= 4 is 17.7 Å². The summed E-state index contributed by atoms with van der Waals surface area (Å²) in [6.45, 7) is 7.12. The molecule has 22 heavy (non-hydrogen) atoms. The van der Waals surface area contributed by atoms with Crippen LogP contribution in [-0.4, -0.2) is 29.9 Å². The Morgan fingerprint density at radius 1 is 1.36 bits per heavy atom. The Hall–Kier alpha value is -1.65. The zero-order valence-corrected chi connectivity index (χ0v) is 13.5. The van der Waals surface area contributed by atoms with Gasteiger partial charge in [-0.2, -0.15) is 0 Å². The molecule has 0 amide bonds. The van der Waals surface area contributed by atoms with E-state index in [9.17, 15) is 14.4 Å². The van der Waals surface area contributed by atoms with E-state index in [0.717, 1.165) is 11.1 Å². The summed E-state index contributed by atoms with van der Waals surface area (Å²) in [5.74, 6) is -0.992. The molecule has 0 spiro atoms. The molecule has 0 aromatic carbocycles. The molecule has 2 aliphatic carbocycles. The zero-order valence-electron chi connectivity index (χ0n) is 13.5. The lowest BCUT2D eigenvalue weighted by Gasteiger charge is -2.48. The third kappa shape index (κ3) is 2.09. The maximum atomic E-state index is 12.1. The Balaban J connectivity index is 2.08. The molecule has 0 N–H and O–H groups in total. The van der Waals surface area contributed by atoms with E-state index in [1.165, 1.54) is 6.92 Å². The van der Waals surface area contributed by atoms with Crippen molar-refractivity contribution < 1.29 is 23.9 Å². The van der Waals surface area contributed by atoms with Gasteiger partial charge in [-0.3, -0.25) is 14.4 Å². The molecule has 0 unspecified atom stereocenters. The Bertz CT molecular complexity index is 590. The van der Waals surface area contributed by atoms with Crippen LogP contribution in [0.25, 0.3) is 0 Å².